The van der Waals surface area contributed by atoms with Gasteiger partial charge in [-0.1, -0.05) is 6.07 Å². The molecule has 2 aromatic rings. The molecule has 1 N–H and O–H groups in total. The molecule has 1 saturated heterocycles. The van der Waals surface area contributed by atoms with Crippen LogP contribution >= 0.6 is 11.8 Å². The first kappa shape index (κ1) is 20.1. The molecule has 1 fully saturated rings. The Morgan fingerprint density at radius 1 is 1.23 bits per heavy atom. The lowest BCUT2D eigenvalue weighted by Crippen LogP contribution is -2.44. The fourth-order valence-corrected chi connectivity index (χ4v) is 6.22. The normalized spacial score (nSPS) is 23.0. The van der Waals surface area contributed by atoms with Crippen molar-refractivity contribution in [2.45, 2.75) is 42.8 Å². The number of hydrogen-bond donors (Lipinski definition) is 1. The molecular weight excluding hydrogens is 409 g/mol. The van der Waals surface area contributed by atoms with Gasteiger partial charge in [-0.2, -0.15) is 13.2 Å². The summed E-state index contributed by atoms with van der Waals surface area (Å²) in [6, 6.07) is 8.78. The van der Waals surface area contributed by atoms with Crippen LogP contribution in [0.5, 0.6) is 5.75 Å². The Hall–Kier alpha value is -1.86. The molecule has 0 spiro atoms. The van der Waals surface area contributed by atoms with Gasteiger partial charge in [0.25, 0.3) is 0 Å². The number of alkyl halides is 3. The van der Waals surface area contributed by atoms with Gasteiger partial charge in [0.05, 0.1) is 17.9 Å². The highest BCUT2D eigenvalue weighted by Crippen LogP contribution is 2.52. The second kappa shape index (κ2) is 7.68. The van der Waals surface area contributed by atoms with Crippen molar-refractivity contribution in [1.82, 2.24) is 5.32 Å². The summed E-state index contributed by atoms with van der Waals surface area (Å²) in [5.74, 6) is 1.59. The number of nitrogens with one attached hydrogen (secondary N) is 1. The van der Waals surface area contributed by atoms with E-state index in [2.05, 4.69) is 10.2 Å². The molecule has 3 nitrogen and oxygen atoms in total. The molecule has 3 aliphatic heterocycles. The second-order valence-electron chi connectivity index (χ2n) is 8.11. The summed E-state index contributed by atoms with van der Waals surface area (Å²) >= 11 is 1.78. The van der Waals surface area contributed by atoms with Gasteiger partial charge < -0.3 is 15.0 Å². The smallest absolute Gasteiger partial charge is 0.417 e. The van der Waals surface area contributed by atoms with Crippen LogP contribution in [0.4, 0.5) is 18.9 Å². The van der Waals surface area contributed by atoms with Gasteiger partial charge in [0.1, 0.15) is 5.75 Å². The molecule has 0 bridgehead atoms. The largest absolute Gasteiger partial charge is 0.494 e. The van der Waals surface area contributed by atoms with Gasteiger partial charge in [0, 0.05) is 29.9 Å². The van der Waals surface area contributed by atoms with E-state index >= 15 is 0 Å². The van der Waals surface area contributed by atoms with E-state index in [-0.39, 0.29) is 11.3 Å². The predicted molar refractivity (Wildman–Crippen MR) is 115 cm³/mol. The highest BCUT2D eigenvalue weighted by Gasteiger charge is 2.42. The average Bonchev–Trinajstić information content (AvgIpc) is 2.89. The zero-order valence-electron chi connectivity index (χ0n) is 16.9. The molecule has 2 aromatic carbocycles. The summed E-state index contributed by atoms with van der Waals surface area (Å²) in [5, 5.41) is 3.48. The molecule has 3 heterocycles. The molecule has 0 aromatic heterocycles. The van der Waals surface area contributed by atoms with Gasteiger partial charge in [-0.15, -0.1) is 11.8 Å². The summed E-state index contributed by atoms with van der Waals surface area (Å²) < 4.78 is 47.2. The Morgan fingerprint density at radius 2 is 2.10 bits per heavy atom. The molecule has 0 aliphatic carbocycles. The van der Waals surface area contributed by atoms with Gasteiger partial charge in [0.15, 0.2) is 0 Å². The number of ether oxygens (including phenoxy) is 1. The predicted octanol–water partition coefficient (Wildman–Crippen LogP) is 5.53. The first-order chi connectivity index (χ1) is 14.5. The van der Waals surface area contributed by atoms with E-state index in [1.807, 2.05) is 12.1 Å². The van der Waals surface area contributed by atoms with Crippen LogP contribution in [-0.4, -0.2) is 38.0 Å². The summed E-state index contributed by atoms with van der Waals surface area (Å²) in [7, 11) is 0. The van der Waals surface area contributed by atoms with Gasteiger partial charge in [-0.05, 0) is 73.0 Å². The molecule has 0 radical (unpaired) electrons. The number of nitrogens with zero attached hydrogens (tertiary/aromatic N) is 1. The summed E-state index contributed by atoms with van der Waals surface area (Å²) in [5.41, 5.74) is 2.72. The number of thioether (sulfide) groups is 1. The van der Waals surface area contributed by atoms with Crippen LogP contribution in [0.3, 0.4) is 0 Å². The molecule has 160 valence electrons. The number of rotatable bonds is 3. The average molecular weight is 435 g/mol. The first-order valence-electron chi connectivity index (χ1n) is 10.6. The zero-order chi connectivity index (χ0) is 20.9. The Morgan fingerprint density at radius 3 is 2.90 bits per heavy atom. The minimum Gasteiger partial charge on any atom is -0.494 e. The van der Waals surface area contributed by atoms with E-state index in [9.17, 15) is 13.2 Å². The zero-order valence-corrected chi connectivity index (χ0v) is 17.7. The minimum absolute atomic E-state index is 0.230. The highest BCUT2D eigenvalue weighted by molar-refractivity contribution is 7.99. The summed E-state index contributed by atoms with van der Waals surface area (Å²) in [4.78, 5) is 3.65. The highest BCUT2D eigenvalue weighted by atomic mass is 32.2. The number of halogens is 3. The lowest BCUT2D eigenvalue weighted by molar-refractivity contribution is -0.137. The monoisotopic (exact) mass is 434 g/mol. The SMILES string of the molecule is CCOc1ccc(-c2cc3c4c(c2)[C@@H]2CNCC[C@@H]2N4CCCS3)c(C(F)(F)F)c1. The van der Waals surface area contributed by atoms with E-state index in [1.54, 1.807) is 30.8 Å². The topological polar surface area (TPSA) is 24.5 Å². The number of fused-ring (bicyclic) bond motifs is 3. The number of hydrogen-bond acceptors (Lipinski definition) is 4. The Kier molecular flexibility index (Phi) is 5.14. The molecule has 3 aliphatic rings. The van der Waals surface area contributed by atoms with Crippen LogP contribution in [0, 0.1) is 0 Å². The van der Waals surface area contributed by atoms with E-state index < -0.39 is 11.7 Å². The lowest BCUT2D eigenvalue weighted by atomic mass is 9.88. The van der Waals surface area contributed by atoms with Crippen molar-refractivity contribution in [3.05, 3.63) is 41.5 Å². The molecule has 0 saturated carbocycles. The molecular formula is C23H25F3N2OS. The maximum Gasteiger partial charge on any atom is 0.417 e. The number of anilines is 1. The number of piperidine rings is 1. The van der Waals surface area contributed by atoms with Crippen LogP contribution in [0.1, 0.15) is 36.8 Å². The molecule has 30 heavy (non-hydrogen) atoms. The fourth-order valence-electron chi connectivity index (χ4n) is 5.15. The van der Waals surface area contributed by atoms with Crippen molar-refractivity contribution in [3.8, 4) is 16.9 Å². The molecule has 7 heteroatoms. The van der Waals surface area contributed by atoms with Gasteiger partial charge in [-0.25, -0.2) is 0 Å². The second-order valence-corrected chi connectivity index (χ2v) is 9.25. The molecule has 0 amide bonds. The van der Waals surface area contributed by atoms with Gasteiger partial charge in [0.2, 0.25) is 0 Å². The maximum atomic E-state index is 13.9. The Labute approximate surface area is 179 Å². The summed E-state index contributed by atoms with van der Waals surface area (Å²) in [6.07, 6.45) is -2.26. The third-order valence-electron chi connectivity index (χ3n) is 6.36. The van der Waals surface area contributed by atoms with Crippen molar-refractivity contribution in [2.24, 2.45) is 0 Å². The van der Waals surface area contributed by atoms with E-state index in [0.717, 1.165) is 49.2 Å². The number of benzene rings is 2. The van der Waals surface area contributed by atoms with Crippen molar-refractivity contribution < 1.29 is 17.9 Å². The maximum absolute atomic E-state index is 13.9. The molecule has 5 rings (SSSR count). The van der Waals surface area contributed by atoms with E-state index in [1.165, 1.54) is 11.3 Å². The van der Waals surface area contributed by atoms with Gasteiger partial charge >= 0.3 is 6.18 Å². The summed E-state index contributed by atoms with van der Waals surface area (Å²) in [6.45, 7) is 5.02. The third-order valence-corrected chi connectivity index (χ3v) is 7.47. The Bertz CT molecular complexity index is 962. The first-order valence-corrected chi connectivity index (χ1v) is 11.6. The van der Waals surface area contributed by atoms with E-state index in [0.29, 0.717) is 24.1 Å². The van der Waals surface area contributed by atoms with Gasteiger partial charge in [-0.3, -0.25) is 0 Å². The van der Waals surface area contributed by atoms with E-state index in [4.69, 9.17) is 4.74 Å². The fraction of sp³-hybridized carbons (Fsp3) is 0.478. The molecule has 2 atom stereocenters. The van der Waals surface area contributed by atoms with Crippen molar-refractivity contribution in [2.75, 3.05) is 36.9 Å². The third kappa shape index (κ3) is 3.36. The molecule has 0 unspecified atom stereocenters. The van der Waals surface area contributed by atoms with Crippen LogP contribution in [0.25, 0.3) is 11.1 Å². The standard InChI is InChI=1S/C23H25F3N2OS/c1-2-29-15-4-5-16(19(12-15)23(24,25)26)14-10-17-18-13-27-7-6-20(18)28-8-3-9-30-21(11-14)22(17)28/h4-5,10-12,18,20,27H,2-3,6-9,13H2,1H3/t18-,20-/m0/s1. The van der Waals surface area contributed by atoms with Crippen LogP contribution < -0.4 is 15.0 Å². The van der Waals surface area contributed by atoms with Crippen LogP contribution in [0.15, 0.2) is 35.2 Å². The van der Waals surface area contributed by atoms with Crippen molar-refractivity contribution >= 4 is 17.4 Å². The van der Waals surface area contributed by atoms with Crippen molar-refractivity contribution in [3.63, 3.8) is 0 Å². The van der Waals surface area contributed by atoms with Crippen molar-refractivity contribution in [1.29, 1.82) is 0 Å². The quantitative estimate of drug-likeness (QED) is 0.686. The van der Waals surface area contributed by atoms with Crippen LogP contribution in [0.2, 0.25) is 0 Å². The minimum atomic E-state index is -4.44. The Balaban J connectivity index is 1.67. The van der Waals surface area contributed by atoms with Crippen LogP contribution in [-0.2, 0) is 6.18 Å². The lowest BCUT2D eigenvalue weighted by Gasteiger charge is -2.33.